The van der Waals surface area contributed by atoms with Crippen LogP contribution in [0.3, 0.4) is 0 Å². The van der Waals surface area contributed by atoms with Gasteiger partial charge in [0.05, 0.1) is 17.0 Å². The maximum Gasteiger partial charge on any atom is 0.362 e. The van der Waals surface area contributed by atoms with Crippen LogP contribution < -0.4 is 10.1 Å². The summed E-state index contributed by atoms with van der Waals surface area (Å²) < 4.78 is 4.71. The number of benzene rings is 1. The van der Waals surface area contributed by atoms with Gasteiger partial charge in [-0.25, -0.2) is 0 Å². The van der Waals surface area contributed by atoms with Gasteiger partial charge in [0.1, 0.15) is 0 Å². The standard InChI is InChI=1S/C12H11N5O6/c1-6-5-7(16(19)20)3-4-8(6)13-11(18)9-10(17(21)22)12(23-2)15-14-9/h3-5H,1-2H3,(H,13,18)(H,14,15). The summed E-state index contributed by atoms with van der Waals surface area (Å²) in [6.07, 6.45) is 0. The number of nitrogens with zero attached hydrogens (tertiary/aromatic N) is 3. The monoisotopic (exact) mass is 321 g/mol. The molecule has 0 aliphatic rings. The van der Waals surface area contributed by atoms with Crippen molar-refractivity contribution in [1.82, 2.24) is 10.2 Å². The van der Waals surface area contributed by atoms with Gasteiger partial charge in [-0.2, -0.15) is 0 Å². The predicted octanol–water partition coefficient (Wildman–Crippen LogP) is 1.80. The number of methoxy groups -OCH3 is 1. The number of ether oxygens (including phenoxy) is 1. The van der Waals surface area contributed by atoms with Crippen molar-refractivity contribution in [1.29, 1.82) is 0 Å². The molecule has 11 nitrogen and oxygen atoms in total. The fourth-order valence-corrected chi connectivity index (χ4v) is 1.88. The van der Waals surface area contributed by atoms with Gasteiger partial charge in [-0.05, 0) is 18.6 Å². The quantitative estimate of drug-likeness (QED) is 0.628. The Kier molecular flexibility index (Phi) is 4.21. The lowest BCUT2D eigenvalue weighted by atomic mass is 10.1. The Morgan fingerprint density at radius 1 is 1.30 bits per heavy atom. The zero-order valence-electron chi connectivity index (χ0n) is 12.0. The smallest absolute Gasteiger partial charge is 0.362 e. The highest BCUT2D eigenvalue weighted by molar-refractivity contribution is 6.06. The second kappa shape index (κ2) is 6.09. The molecule has 0 saturated carbocycles. The number of amides is 1. The Balaban J connectivity index is 2.31. The molecule has 23 heavy (non-hydrogen) atoms. The molecule has 120 valence electrons. The van der Waals surface area contributed by atoms with Gasteiger partial charge in [0.25, 0.3) is 11.6 Å². The van der Waals surface area contributed by atoms with Crippen molar-refractivity contribution in [2.75, 3.05) is 12.4 Å². The molecular weight excluding hydrogens is 310 g/mol. The second-order valence-corrected chi connectivity index (χ2v) is 4.42. The minimum atomic E-state index is -0.815. The highest BCUT2D eigenvalue weighted by atomic mass is 16.6. The Morgan fingerprint density at radius 2 is 2.00 bits per heavy atom. The van der Waals surface area contributed by atoms with Crippen LogP contribution in [0.15, 0.2) is 18.2 Å². The maximum absolute atomic E-state index is 12.2. The summed E-state index contributed by atoms with van der Waals surface area (Å²) in [6.45, 7) is 1.56. The van der Waals surface area contributed by atoms with E-state index in [1.807, 2.05) is 0 Å². The zero-order chi connectivity index (χ0) is 17.1. The lowest BCUT2D eigenvalue weighted by Gasteiger charge is -2.06. The Labute approximate surface area is 128 Å². The van der Waals surface area contributed by atoms with Gasteiger partial charge in [0.15, 0.2) is 0 Å². The van der Waals surface area contributed by atoms with E-state index in [2.05, 4.69) is 15.5 Å². The Hall–Kier alpha value is -3.50. The van der Waals surface area contributed by atoms with E-state index in [9.17, 15) is 25.0 Å². The number of aromatic nitrogens is 2. The zero-order valence-corrected chi connectivity index (χ0v) is 12.0. The summed E-state index contributed by atoms with van der Waals surface area (Å²) in [5, 5.41) is 29.9. The first kappa shape index (κ1) is 15.9. The van der Waals surface area contributed by atoms with Crippen LogP contribution in [0.4, 0.5) is 17.1 Å². The summed E-state index contributed by atoms with van der Waals surface area (Å²) in [5.74, 6) is -1.13. The predicted molar refractivity (Wildman–Crippen MR) is 77.6 cm³/mol. The van der Waals surface area contributed by atoms with Crippen LogP contribution in [-0.2, 0) is 0 Å². The summed E-state index contributed by atoms with van der Waals surface area (Å²) in [4.78, 5) is 32.5. The number of anilines is 1. The number of aryl methyl sites for hydroxylation is 1. The average molecular weight is 321 g/mol. The fourth-order valence-electron chi connectivity index (χ4n) is 1.88. The highest BCUT2D eigenvalue weighted by Crippen LogP contribution is 2.29. The normalized spacial score (nSPS) is 10.2. The number of nitro groups is 2. The molecule has 11 heteroatoms. The first-order chi connectivity index (χ1) is 10.8. The molecule has 0 unspecified atom stereocenters. The molecule has 1 aromatic heterocycles. The molecule has 0 aliphatic heterocycles. The number of carbonyl (C=O) groups is 1. The van der Waals surface area contributed by atoms with Crippen LogP contribution in [-0.4, -0.2) is 33.1 Å². The number of nitrogens with one attached hydrogen (secondary N) is 2. The summed E-state index contributed by atoms with van der Waals surface area (Å²) in [5.41, 5.74) is -0.394. The minimum absolute atomic E-state index is 0.130. The lowest BCUT2D eigenvalue weighted by molar-refractivity contribution is -0.386. The van der Waals surface area contributed by atoms with Crippen LogP contribution in [0.5, 0.6) is 5.88 Å². The van der Waals surface area contributed by atoms with E-state index < -0.39 is 21.4 Å². The Morgan fingerprint density at radius 3 is 2.52 bits per heavy atom. The van der Waals surface area contributed by atoms with Gasteiger partial charge in [-0.15, -0.1) is 5.10 Å². The fraction of sp³-hybridized carbons (Fsp3) is 0.167. The topological polar surface area (TPSA) is 153 Å². The number of nitro benzene ring substituents is 1. The first-order valence-electron chi connectivity index (χ1n) is 6.18. The van der Waals surface area contributed by atoms with Gasteiger partial charge in [0, 0.05) is 17.8 Å². The second-order valence-electron chi connectivity index (χ2n) is 4.42. The van der Waals surface area contributed by atoms with Gasteiger partial charge >= 0.3 is 11.6 Å². The van der Waals surface area contributed by atoms with Crippen molar-refractivity contribution >= 4 is 23.0 Å². The van der Waals surface area contributed by atoms with Crippen LogP contribution in [0.1, 0.15) is 16.1 Å². The molecule has 0 atom stereocenters. The molecule has 0 fully saturated rings. The molecule has 2 rings (SSSR count). The molecule has 0 radical (unpaired) electrons. The van der Waals surface area contributed by atoms with Crippen LogP contribution in [0, 0.1) is 27.2 Å². The number of rotatable bonds is 5. The molecule has 2 aromatic rings. The SMILES string of the molecule is COc1n[nH]c(C(=O)Nc2ccc([N+](=O)[O-])cc2C)c1[N+](=O)[O-]. The molecule has 1 amide bonds. The molecule has 1 heterocycles. The van der Waals surface area contributed by atoms with Gasteiger partial charge in [-0.3, -0.25) is 30.1 Å². The van der Waals surface area contributed by atoms with Crippen molar-refractivity contribution in [3.63, 3.8) is 0 Å². The van der Waals surface area contributed by atoms with E-state index in [1.54, 1.807) is 6.92 Å². The third-order valence-corrected chi connectivity index (χ3v) is 2.98. The largest absolute Gasteiger partial charge is 0.475 e. The third kappa shape index (κ3) is 3.07. The average Bonchev–Trinajstić information content (AvgIpc) is 2.93. The molecule has 0 saturated heterocycles. The van der Waals surface area contributed by atoms with E-state index in [4.69, 9.17) is 4.74 Å². The van der Waals surface area contributed by atoms with E-state index in [1.165, 1.54) is 25.3 Å². The minimum Gasteiger partial charge on any atom is -0.475 e. The number of non-ortho nitro benzene ring substituents is 1. The lowest BCUT2D eigenvalue weighted by Crippen LogP contribution is -2.15. The first-order valence-corrected chi connectivity index (χ1v) is 6.18. The molecule has 2 N–H and O–H groups in total. The number of carbonyl (C=O) groups excluding carboxylic acids is 1. The number of hydrogen-bond donors (Lipinski definition) is 2. The van der Waals surface area contributed by atoms with Crippen LogP contribution >= 0.6 is 0 Å². The van der Waals surface area contributed by atoms with E-state index in [0.29, 0.717) is 5.56 Å². The summed E-state index contributed by atoms with van der Waals surface area (Å²) in [6, 6.07) is 3.83. The van der Waals surface area contributed by atoms with Crippen LogP contribution in [0.2, 0.25) is 0 Å². The van der Waals surface area contributed by atoms with Crippen molar-refractivity contribution < 1.29 is 19.4 Å². The van der Waals surface area contributed by atoms with E-state index in [0.717, 1.165) is 0 Å². The van der Waals surface area contributed by atoms with E-state index in [-0.39, 0.29) is 22.9 Å². The molecule has 0 bridgehead atoms. The van der Waals surface area contributed by atoms with Gasteiger partial charge in [0.2, 0.25) is 5.69 Å². The van der Waals surface area contributed by atoms with E-state index >= 15 is 0 Å². The number of hydrogen-bond acceptors (Lipinski definition) is 7. The molecule has 1 aromatic carbocycles. The highest BCUT2D eigenvalue weighted by Gasteiger charge is 2.30. The third-order valence-electron chi connectivity index (χ3n) is 2.98. The van der Waals surface area contributed by atoms with Crippen molar-refractivity contribution in [2.45, 2.75) is 6.92 Å². The van der Waals surface area contributed by atoms with Crippen molar-refractivity contribution in [3.8, 4) is 5.88 Å². The number of aromatic amines is 1. The van der Waals surface area contributed by atoms with Crippen molar-refractivity contribution in [2.24, 2.45) is 0 Å². The van der Waals surface area contributed by atoms with Gasteiger partial charge in [-0.1, -0.05) is 0 Å². The van der Waals surface area contributed by atoms with Crippen molar-refractivity contribution in [3.05, 3.63) is 49.7 Å². The van der Waals surface area contributed by atoms with Crippen LogP contribution in [0.25, 0.3) is 0 Å². The number of H-pyrrole nitrogens is 1. The van der Waals surface area contributed by atoms with Gasteiger partial charge < -0.3 is 10.1 Å². The molecule has 0 aliphatic carbocycles. The summed E-state index contributed by atoms with van der Waals surface area (Å²) >= 11 is 0. The molecular formula is C12H11N5O6. The molecule has 0 spiro atoms. The summed E-state index contributed by atoms with van der Waals surface area (Å²) in [7, 11) is 1.19. The maximum atomic E-state index is 12.2. The Bertz CT molecular complexity index is 799.